The van der Waals surface area contributed by atoms with Gasteiger partial charge in [0.1, 0.15) is 6.54 Å². The lowest BCUT2D eigenvalue weighted by Crippen LogP contribution is -2.37. The predicted octanol–water partition coefficient (Wildman–Crippen LogP) is 3.04. The molecule has 0 heterocycles. The van der Waals surface area contributed by atoms with Gasteiger partial charge in [0.05, 0.1) is 10.6 Å². The van der Waals surface area contributed by atoms with Gasteiger partial charge in [0.2, 0.25) is 0 Å². The van der Waals surface area contributed by atoms with Crippen molar-refractivity contribution in [2.24, 2.45) is 5.92 Å². The summed E-state index contributed by atoms with van der Waals surface area (Å²) >= 11 is 9.30. The molecule has 6 heteroatoms. The fraction of sp³-hybridized carbons (Fsp3) is 0.385. The van der Waals surface area contributed by atoms with E-state index in [1.807, 2.05) is 0 Å². The molecule has 1 amide bonds. The maximum Gasteiger partial charge on any atom is 0.323 e. The topological polar surface area (TPSA) is 57.6 Å². The summed E-state index contributed by atoms with van der Waals surface area (Å²) in [5, 5.41) is 9.22. The Morgan fingerprint density at radius 1 is 1.42 bits per heavy atom. The van der Waals surface area contributed by atoms with E-state index in [4.69, 9.17) is 16.7 Å². The quantitative estimate of drug-likeness (QED) is 0.891. The highest BCUT2D eigenvalue weighted by molar-refractivity contribution is 9.10. The molecule has 102 valence electrons. The van der Waals surface area contributed by atoms with E-state index in [0.717, 1.165) is 17.3 Å². The van der Waals surface area contributed by atoms with E-state index < -0.39 is 5.97 Å². The molecule has 0 radical (unpaired) electrons. The van der Waals surface area contributed by atoms with E-state index >= 15 is 0 Å². The second-order valence-electron chi connectivity index (χ2n) is 4.65. The zero-order valence-corrected chi connectivity index (χ0v) is 12.4. The fourth-order valence-electron chi connectivity index (χ4n) is 1.83. The van der Waals surface area contributed by atoms with Crippen LogP contribution in [-0.2, 0) is 4.79 Å². The molecule has 1 fully saturated rings. The van der Waals surface area contributed by atoms with E-state index in [-0.39, 0.29) is 12.5 Å². The summed E-state index contributed by atoms with van der Waals surface area (Å²) < 4.78 is 0.779. The van der Waals surface area contributed by atoms with Crippen LogP contribution >= 0.6 is 27.5 Å². The first kappa shape index (κ1) is 14.3. The van der Waals surface area contributed by atoms with E-state index in [0.29, 0.717) is 23.0 Å². The van der Waals surface area contributed by atoms with Gasteiger partial charge >= 0.3 is 5.97 Å². The molecule has 1 aliphatic rings. The maximum absolute atomic E-state index is 12.3. The second-order valence-corrected chi connectivity index (χ2v) is 5.97. The van der Waals surface area contributed by atoms with Crippen LogP contribution < -0.4 is 0 Å². The number of amides is 1. The highest BCUT2D eigenvalue weighted by Gasteiger charge is 2.29. The molecule has 1 saturated carbocycles. The highest BCUT2D eigenvalue weighted by atomic mass is 79.9. The van der Waals surface area contributed by atoms with Gasteiger partial charge in [-0.05, 0) is 37.0 Å². The molecular weight excluding hydrogens is 334 g/mol. The van der Waals surface area contributed by atoms with Crippen LogP contribution in [0.2, 0.25) is 5.02 Å². The molecule has 0 saturated heterocycles. The minimum atomic E-state index is -1.01. The van der Waals surface area contributed by atoms with Crippen LogP contribution in [0.15, 0.2) is 22.7 Å². The Morgan fingerprint density at radius 2 is 2.11 bits per heavy atom. The first-order chi connectivity index (χ1) is 8.97. The number of rotatable bonds is 5. The Bertz CT molecular complexity index is 517. The van der Waals surface area contributed by atoms with Crippen LogP contribution in [0.5, 0.6) is 0 Å². The Hall–Kier alpha value is -1.07. The van der Waals surface area contributed by atoms with Crippen LogP contribution in [0.4, 0.5) is 0 Å². The lowest BCUT2D eigenvalue weighted by molar-refractivity contribution is -0.137. The summed E-state index contributed by atoms with van der Waals surface area (Å²) in [5.41, 5.74) is 0.340. The smallest absolute Gasteiger partial charge is 0.323 e. The summed E-state index contributed by atoms with van der Waals surface area (Å²) in [5.74, 6) is -0.911. The summed E-state index contributed by atoms with van der Waals surface area (Å²) in [7, 11) is 0. The molecule has 0 bridgehead atoms. The van der Waals surface area contributed by atoms with Gasteiger partial charge in [-0.1, -0.05) is 27.5 Å². The molecule has 19 heavy (non-hydrogen) atoms. The van der Waals surface area contributed by atoms with Crippen LogP contribution in [0, 0.1) is 5.92 Å². The zero-order chi connectivity index (χ0) is 14.0. The first-order valence-corrected chi connectivity index (χ1v) is 7.10. The number of hydrogen-bond donors (Lipinski definition) is 1. The summed E-state index contributed by atoms with van der Waals surface area (Å²) in [6.07, 6.45) is 2.11. The molecular formula is C13H13BrClNO3. The minimum Gasteiger partial charge on any atom is -0.480 e. The molecule has 0 aliphatic heterocycles. The van der Waals surface area contributed by atoms with Crippen molar-refractivity contribution in [2.45, 2.75) is 12.8 Å². The number of halogens is 2. The van der Waals surface area contributed by atoms with Crippen LogP contribution in [0.25, 0.3) is 0 Å². The Balaban J connectivity index is 2.19. The van der Waals surface area contributed by atoms with Crippen molar-refractivity contribution in [3.8, 4) is 0 Å². The molecule has 1 N–H and O–H groups in total. The molecule has 4 nitrogen and oxygen atoms in total. The molecule has 1 aliphatic carbocycles. The first-order valence-electron chi connectivity index (χ1n) is 5.93. The van der Waals surface area contributed by atoms with Gasteiger partial charge in [0.25, 0.3) is 5.91 Å². The number of carbonyl (C=O) groups is 2. The SMILES string of the molecule is O=C(O)CN(CC1CC1)C(=O)c1ccc(Br)cc1Cl. The van der Waals surface area contributed by atoms with Crippen molar-refractivity contribution < 1.29 is 14.7 Å². The number of carboxylic acids is 1. The largest absolute Gasteiger partial charge is 0.480 e. The van der Waals surface area contributed by atoms with E-state index in [2.05, 4.69) is 15.9 Å². The summed E-state index contributed by atoms with van der Waals surface area (Å²) in [6, 6.07) is 4.95. The van der Waals surface area contributed by atoms with Crippen LogP contribution in [0.3, 0.4) is 0 Å². The van der Waals surface area contributed by atoms with Gasteiger partial charge in [-0.15, -0.1) is 0 Å². The van der Waals surface area contributed by atoms with Gasteiger partial charge in [-0.25, -0.2) is 0 Å². The standard InChI is InChI=1S/C13H13BrClNO3/c14-9-3-4-10(11(15)5-9)13(19)16(7-12(17)18)6-8-1-2-8/h3-5,8H,1-2,6-7H2,(H,17,18). The summed E-state index contributed by atoms with van der Waals surface area (Å²) in [4.78, 5) is 24.5. The van der Waals surface area contributed by atoms with Gasteiger partial charge in [-0.3, -0.25) is 9.59 Å². The number of carboxylic acid groups (broad SMARTS) is 1. The third kappa shape index (κ3) is 3.94. The highest BCUT2D eigenvalue weighted by Crippen LogP contribution is 2.31. The number of aliphatic carboxylic acids is 1. The third-order valence-electron chi connectivity index (χ3n) is 2.95. The van der Waals surface area contributed by atoms with Crippen LogP contribution in [-0.4, -0.2) is 35.0 Å². The monoisotopic (exact) mass is 345 g/mol. The van der Waals surface area contributed by atoms with E-state index in [9.17, 15) is 9.59 Å². The summed E-state index contributed by atoms with van der Waals surface area (Å²) in [6.45, 7) is 0.194. The molecule has 0 atom stereocenters. The number of carbonyl (C=O) groups excluding carboxylic acids is 1. The second kappa shape index (κ2) is 5.92. The molecule has 0 unspecified atom stereocenters. The number of nitrogens with zero attached hydrogens (tertiary/aromatic N) is 1. The van der Waals surface area contributed by atoms with Gasteiger partial charge in [0, 0.05) is 11.0 Å². The van der Waals surface area contributed by atoms with Crippen molar-refractivity contribution >= 4 is 39.4 Å². The normalized spacial score (nSPS) is 14.2. The molecule has 1 aromatic rings. The zero-order valence-electron chi connectivity index (χ0n) is 10.1. The van der Waals surface area contributed by atoms with Crippen molar-refractivity contribution in [1.29, 1.82) is 0 Å². The molecule has 1 aromatic carbocycles. The van der Waals surface area contributed by atoms with Crippen LogP contribution in [0.1, 0.15) is 23.2 Å². The Kier molecular flexibility index (Phi) is 4.47. The predicted molar refractivity (Wildman–Crippen MR) is 75.4 cm³/mol. The molecule has 0 spiro atoms. The number of hydrogen-bond acceptors (Lipinski definition) is 2. The average molecular weight is 347 g/mol. The van der Waals surface area contributed by atoms with Crippen molar-refractivity contribution in [3.63, 3.8) is 0 Å². The van der Waals surface area contributed by atoms with E-state index in [1.54, 1.807) is 18.2 Å². The third-order valence-corrected chi connectivity index (χ3v) is 3.76. The Morgan fingerprint density at radius 3 is 2.63 bits per heavy atom. The number of benzene rings is 1. The average Bonchev–Trinajstić information content (AvgIpc) is 3.10. The van der Waals surface area contributed by atoms with Gasteiger partial charge in [0.15, 0.2) is 0 Å². The molecule has 0 aromatic heterocycles. The molecule has 2 rings (SSSR count). The lowest BCUT2D eigenvalue weighted by Gasteiger charge is -2.21. The van der Waals surface area contributed by atoms with Crippen molar-refractivity contribution in [1.82, 2.24) is 4.90 Å². The lowest BCUT2D eigenvalue weighted by atomic mass is 10.2. The Labute approximate surface area is 124 Å². The fourth-order valence-corrected chi connectivity index (χ4v) is 2.58. The minimum absolute atomic E-state index is 0.290. The van der Waals surface area contributed by atoms with E-state index in [1.165, 1.54) is 4.90 Å². The van der Waals surface area contributed by atoms with Crippen molar-refractivity contribution in [2.75, 3.05) is 13.1 Å². The van der Waals surface area contributed by atoms with Crippen molar-refractivity contribution in [3.05, 3.63) is 33.3 Å². The van der Waals surface area contributed by atoms with Gasteiger partial charge in [-0.2, -0.15) is 0 Å². The maximum atomic E-state index is 12.3. The van der Waals surface area contributed by atoms with Gasteiger partial charge < -0.3 is 10.0 Å².